The second-order valence-corrected chi connectivity index (χ2v) is 11.0. The molecule has 5 rings (SSSR count). The predicted octanol–water partition coefficient (Wildman–Crippen LogP) is 4.38. The fourth-order valence-electron chi connectivity index (χ4n) is 5.46. The fraction of sp³-hybridized carbons (Fsp3) is 0.323. The molecular formula is C31H32N4O6. The molecule has 2 heterocycles. The van der Waals surface area contributed by atoms with Gasteiger partial charge in [0, 0.05) is 23.3 Å². The van der Waals surface area contributed by atoms with Crippen molar-refractivity contribution in [2.45, 2.75) is 65.3 Å². The first-order chi connectivity index (χ1) is 19.4. The monoisotopic (exact) mass is 556 g/mol. The number of Topliss-reactive ketones (excluding diaryl/α,β-unsaturated/α-hetero) is 2. The Kier molecular flexibility index (Phi) is 6.81. The van der Waals surface area contributed by atoms with Crippen molar-refractivity contribution in [1.29, 1.82) is 0 Å². The minimum absolute atomic E-state index is 0.0144. The third kappa shape index (κ3) is 4.39. The van der Waals surface area contributed by atoms with Crippen LogP contribution in [0.2, 0.25) is 0 Å². The molecule has 10 heteroatoms. The lowest BCUT2D eigenvalue weighted by molar-refractivity contribution is -0.123. The second kappa shape index (κ2) is 10.0. The van der Waals surface area contributed by atoms with Crippen LogP contribution in [0.15, 0.2) is 53.4 Å². The summed E-state index contributed by atoms with van der Waals surface area (Å²) in [6.45, 7) is 9.85. The molecule has 10 nitrogen and oxygen atoms in total. The van der Waals surface area contributed by atoms with E-state index >= 15 is 0 Å². The number of carbonyl (C=O) groups excluding carboxylic acids is 3. The number of aromatic amines is 1. The summed E-state index contributed by atoms with van der Waals surface area (Å²) in [4.78, 5) is 44.7. The Morgan fingerprint density at radius 2 is 1.80 bits per heavy atom. The first-order valence-corrected chi connectivity index (χ1v) is 13.4. The third-order valence-electron chi connectivity index (χ3n) is 7.80. The number of allylic oxidation sites excluding steroid dienone is 4. The molecule has 2 unspecified atom stereocenters. The third-order valence-corrected chi connectivity index (χ3v) is 7.80. The summed E-state index contributed by atoms with van der Waals surface area (Å²) < 4.78 is 5.86. The van der Waals surface area contributed by atoms with Crippen LogP contribution in [0.1, 0.15) is 85.3 Å². The van der Waals surface area contributed by atoms with E-state index in [4.69, 9.17) is 4.74 Å². The molecule has 0 amide bonds. The highest BCUT2D eigenvalue weighted by Gasteiger charge is 2.56. The summed E-state index contributed by atoms with van der Waals surface area (Å²) in [5.74, 6) is -1.32. The van der Waals surface area contributed by atoms with Gasteiger partial charge in [0.05, 0.1) is 17.2 Å². The van der Waals surface area contributed by atoms with Crippen molar-refractivity contribution in [2.24, 2.45) is 0 Å². The van der Waals surface area contributed by atoms with Gasteiger partial charge in [-0.2, -0.15) is 5.10 Å². The normalized spacial score (nSPS) is 19.8. The summed E-state index contributed by atoms with van der Waals surface area (Å²) in [7, 11) is 0. The Bertz CT molecular complexity index is 1670. The number of phenolic OH excluding ortho intramolecular Hbond substituents is 2. The molecule has 41 heavy (non-hydrogen) atoms. The first kappa shape index (κ1) is 27.8. The van der Waals surface area contributed by atoms with E-state index in [1.54, 1.807) is 13.8 Å². The molecule has 2 aliphatic rings. The number of H-pyrrole nitrogens is 1. The molecule has 2 aromatic carbocycles. The van der Waals surface area contributed by atoms with Gasteiger partial charge in [-0.3, -0.25) is 19.5 Å². The Hall–Kier alpha value is -4.73. The number of hydrogen-bond acceptors (Lipinski definition) is 9. The summed E-state index contributed by atoms with van der Waals surface area (Å²) in [6, 6.07) is 9.28. The fourth-order valence-corrected chi connectivity index (χ4v) is 5.46. The van der Waals surface area contributed by atoms with Crippen molar-refractivity contribution >= 4 is 17.3 Å². The van der Waals surface area contributed by atoms with Crippen LogP contribution >= 0.6 is 0 Å². The Morgan fingerprint density at radius 3 is 2.41 bits per heavy atom. The van der Waals surface area contributed by atoms with Gasteiger partial charge in [-0.25, -0.2) is 4.98 Å². The van der Waals surface area contributed by atoms with Gasteiger partial charge in [-0.15, -0.1) is 0 Å². The average molecular weight is 557 g/mol. The molecule has 0 fully saturated rings. The zero-order chi connectivity index (χ0) is 29.8. The smallest absolute Gasteiger partial charge is 0.194 e. The SMILES string of the molecule is CC(=O)c1c(O)c(C)c(O)c2c1OC1=CC(=O)C(=C(C)NC(Cc3ccccc3)c3nc(C(C)C)n[nH]3)C(=O)C12C. The van der Waals surface area contributed by atoms with E-state index in [1.165, 1.54) is 19.9 Å². The number of carbonyl (C=O) groups is 3. The minimum atomic E-state index is -1.60. The number of hydrogen-bond donors (Lipinski definition) is 4. The van der Waals surface area contributed by atoms with Crippen molar-refractivity contribution in [2.75, 3.05) is 0 Å². The van der Waals surface area contributed by atoms with Crippen molar-refractivity contribution in [3.8, 4) is 17.2 Å². The molecule has 2 atom stereocenters. The molecule has 0 bridgehead atoms. The number of aromatic nitrogens is 3. The molecule has 0 saturated heterocycles. The van der Waals surface area contributed by atoms with E-state index in [0.717, 1.165) is 5.56 Å². The maximum absolute atomic E-state index is 14.2. The highest BCUT2D eigenvalue weighted by atomic mass is 16.5. The van der Waals surface area contributed by atoms with Crippen LogP contribution in [0.5, 0.6) is 17.2 Å². The van der Waals surface area contributed by atoms with E-state index < -0.39 is 34.6 Å². The maximum atomic E-state index is 14.2. The molecule has 1 aromatic heterocycles. The zero-order valence-electron chi connectivity index (χ0n) is 23.7. The van der Waals surface area contributed by atoms with Gasteiger partial charge in [-0.1, -0.05) is 44.2 Å². The van der Waals surface area contributed by atoms with Crippen LogP contribution < -0.4 is 10.1 Å². The summed E-state index contributed by atoms with van der Waals surface area (Å²) in [5.41, 5.74) is -0.444. The molecule has 4 N–H and O–H groups in total. The van der Waals surface area contributed by atoms with Gasteiger partial charge in [-0.05, 0) is 39.7 Å². The Labute approximate surface area is 237 Å². The van der Waals surface area contributed by atoms with E-state index in [2.05, 4.69) is 20.5 Å². The molecule has 0 radical (unpaired) electrons. The summed E-state index contributed by atoms with van der Waals surface area (Å²) in [6.07, 6.45) is 1.70. The lowest BCUT2D eigenvalue weighted by Crippen LogP contribution is -2.41. The molecule has 0 spiro atoms. The molecule has 0 saturated carbocycles. The van der Waals surface area contributed by atoms with Crippen molar-refractivity contribution in [1.82, 2.24) is 20.5 Å². The number of aromatic hydroxyl groups is 2. The second-order valence-electron chi connectivity index (χ2n) is 11.0. The zero-order valence-corrected chi connectivity index (χ0v) is 23.7. The number of benzene rings is 2. The number of nitrogens with zero attached hydrogens (tertiary/aromatic N) is 2. The highest BCUT2D eigenvalue weighted by molar-refractivity contribution is 6.31. The van der Waals surface area contributed by atoms with Gasteiger partial charge in [0.15, 0.2) is 23.2 Å². The molecule has 1 aliphatic heterocycles. The van der Waals surface area contributed by atoms with Crippen LogP contribution in [-0.2, 0) is 21.4 Å². The standard InChI is InChI=1S/C31H32N4O6/c1-14(2)29-33-30(35-34-29)19(12-18-10-8-7-9-11-18)32-16(4)22-20(37)13-21-31(6,28(22)40)24-26(39)15(3)25(38)23(17(5)36)27(24)41-21/h7-11,13-14,19,32,38-39H,12H2,1-6H3,(H,33,34,35). The van der Waals surface area contributed by atoms with E-state index in [0.29, 0.717) is 23.8 Å². The molecule has 3 aromatic rings. The van der Waals surface area contributed by atoms with Crippen LogP contribution in [0.25, 0.3) is 0 Å². The number of rotatable bonds is 7. The maximum Gasteiger partial charge on any atom is 0.194 e. The lowest BCUT2D eigenvalue weighted by Gasteiger charge is -2.29. The molecule has 212 valence electrons. The summed E-state index contributed by atoms with van der Waals surface area (Å²) in [5, 5.41) is 32.3. The number of ketones is 3. The topological polar surface area (TPSA) is 154 Å². The van der Waals surface area contributed by atoms with Gasteiger partial charge in [0.1, 0.15) is 39.8 Å². The Morgan fingerprint density at radius 1 is 1.12 bits per heavy atom. The molecular weight excluding hydrogens is 524 g/mol. The first-order valence-electron chi connectivity index (χ1n) is 13.4. The van der Waals surface area contributed by atoms with Crippen molar-refractivity contribution in [3.63, 3.8) is 0 Å². The predicted molar refractivity (Wildman–Crippen MR) is 150 cm³/mol. The van der Waals surface area contributed by atoms with Crippen LogP contribution in [0, 0.1) is 6.92 Å². The Balaban J connectivity index is 1.60. The molecule has 1 aliphatic carbocycles. The van der Waals surface area contributed by atoms with E-state index in [-0.39, 0.29) is 45.4 Å². The van der Waals surface area contributed by atoms with E-state index in [1.807, 2.05) is 44.2 Å². The van der Waals surface area contributed by atoms with Gasteiger partial charge < -0.3 is 20.3 Å². The number of nitrogens with one attached hydrogen (secondary N) is 2. The quantitative estimate of drug-likeness (QED) is 0.188. The lowest BCUT2D eigenvalue weighted by atomic mass is 9.70. The summed E-state index contributed by atoms with van der Waals surface area (Å²) >= 11 is 0. The number of phenols is 2. The number of fused-ring (bicyclic) bond motifs is 3. The van der Waals surface area contributed by atoms with E-state index in [9.17, 15) is 24.6 Å². The van der Waals surface area contributed by atoms with Crippen LogP contribution in [0.3, 0.4) is 0 Å². The van der Waals surface area contributed by atoms with Gasteiger partial charge >= 0.3 is 0 Å². The average Bonchev–Trinajstić information content (AvgIpc) is 3.52. The number of ether oxygens (including phenoxy) is 1. The van der Waals surface area contributed by atoms with Gasteiger partial charge in [0.2, 0.25) is 0 Å². The van der Waals surface area contributed by atoms with Gasteiger partial charge in [0.25, 0.3) is 0 Å². The van der Waals surface area contributed by atoms with Crippen LogP contribution in [-0.4, -0.2) is 42.7 Å². The van der Waals surface area contributed by atoms with Crippen molar-refractivity contribution in [3.05, 3.63) is 87.3 Å². The minimum Gasteiger partial charge on any atom is -0.507 e. The largest absolute Gasteiger partial charge is 0.507 e. The highest BCUT2D eigenvalue weighted by Crippen LogP contribution is 2.57. The van der Waals surface area contributed by atoms with Crippen molar-refractivity contribution < 1.29 is 29.3 Å². The van der Waals surface area contributed by atoms with Crippen LogP contribution in [0.4, 0.5) is 0 Å².